The molecule has 0 spiro atoms. The molecule has 0 bridgehead atoms. The number of aryl methyl sites for hydroxylation is 2. The average molecular weight is 665 g/mol. The van der Waals surface area contributed by atoms with Crippen molar-refractivity contribution in [2.45, 2.75) is 51.8 Å². The first-order valence-corrected chi connectivity index (χ1v) is 16.8. The summed E-state index contributed by atoms with van der Waals surface area (Å²) in [6.45, 7) is 9.40. The number of aliphatic carboxylic acids is 1. The second-order valence-corrected chi connectivity index (χ2v) is 13.0. The number of rotatable bonds is 13. The van der Waals surface area contributed by atoms with E-state index in [4.69, 9.17) is 18.9 Å². The lowest BCUT2D eigenvalue weighted by Gasteiger charge is -2.29. The summed E-state index contributed by atoms with van der Waals surface area (Å²) in [5, 5.41) is 14.1. The number of ether oxygens (including phenoxy) is 4. The van der Waals surface area contributed by atoms with Crippen molar-refractivity contribution in [3.63, 3.8) is 0 Å². The maximum atomic E-state index is 14.1. The first-order valence-electron chi connectivity index (χ1n) is 16.8. The molecule has 2 aliphatic rings. The van der Waals surface area contributed by atoms with E-state index in [0.717, 1.165) is 33.4 Å². The lowest BCUT2D eigenvalue weighted by Crippen LogP contribution is -2.40. The number of amides is 1. The van der Waals surface area contributed by atoms with Gasteiger partial charge in [-0.15, -0.1) is 0 Å². The van der Waals surface area contributed by atoms with Gasteiger partial charge in [0.05, 0.1) is 31.2 Å². The highest BCUT2D eigenvalue weighted by Crippen LogP contribution is 2.48. The third-order valence-electron chi connectivity index (χ3n) is 9.38. The van der Waals surface area contributed by atoms with E-state index in [-0.39, 0.29) is 31.4 Å². The Balaban J connectivity index is 1.30. The lowest BCUT2D eigenvalue weighted by atomic mass is 9.82. The zero-order valence-electron chi connectivity index (χ0n) is 28.4. The van der Waals surface area contributed by atoms with Gasteiger partial charge >= 0.3 is 5.97 Å². The van der Waals surface area contributed by atoms with E-state index >= 15 is 0 Å². The third kappa shape index (κ3) is 7.74. The molecule has 9 heteroatoms. The number of benzene rings is 4. The second kappa shape index (κ2) is 15.1. The minimum absolute atomic E-state index is 0.00849. The van der Waals surface area contributed by atoms with E-state index in [9.17, 15) is 14.7 Å². The molecule has 1 fully saturated rings. The summed E-state index contributed by atoms with van der Waals surface area (Å²) in [6.07, 6.45) is 0.117. The first-order chi connectivity index (χ1) is 23.7. The van der Waals surface area contributed by atoms with Gasteiger partial charge in [-0.3, -0.25) is 14.5 Å². The number of likely N-dealkylation sites (tertiary alicyclic amines) is 1. The molecule has 2 aliphatic heterocycles. The molecule has 0 aliphatic carbocycles. The Kier molecular flexibility index (Phi) is 10.5. The number of nitrogens with one attached hydrogen (secondary N) is 1. The number of fused-ring (bicyclic) bond motifs is 1. The first kappa shape index (κ1) is 34.0. The van der Waals surface area contributed by atoms with Crippen molar-refractivity contribution in [3.8, 4) is 17.2 Å². The van der Waals surface area contributed by atoms with Crippen LogP contribution in [0.4, 0.5) is 0 Å². The Hall–Kier alpha value is -4.86. The fourth-order valence-electron chi connectivity index (χ4n) is 7.01. The lowest BCUT2D eigenvalue weighted by molar-refractivity contribution is -0.143. The van der Waals surface area contributed by atoms with Crippen LogP contribution in [0.25, 0.3) is 0 Å². The topological polar surface area (TPSA) is 107 Å². The number of carboxylic acids is 1. The fraction of sp³-hybridized carbons (Fsp3) is 0.350. The molecule has 49 heavy (non-hydrogen) atoms. The molecular formula is C40H44N2O7. The smallest absolute Gasteiger partial charge is 0.309 e. The van der Waals surface area contributed by atoms with E-state index in [0.29, 0.717) is 37.0 Å². The number of nitrogens with zero attached hydrogens (tertiary/aromatic N) is 1. The summed E-state index contributed by atoms with van der Waals surface area (Å²) < 4.78 is 22.6. The number of hydrogen-bond acceptors (Lipinski definition) is 7. The summed E-state index contributed by atoms with van der Waals surface area (Å²) in [7, 11) is 0. The molecule has 1 amide bonds. The van der Waals surface area contributed by atoms with Gasteiger partial charge in [-0.2, -0.15) is 0 Å². The monoisotopic (exact) mass is 664 g/mol. The van der Waals surface area contributed by atoms with Gasteiger partial charge in [0.2, 0.25) is 12.7 Å². The van der Waals surface area contributed by atoms with Crippen LogP contribution in [0, 0.1) is 19.8 Å². The standard InChI is InChI=1S/C40H44N2O7/c1-25(2)46-19-20-47-30-16-13-28(14-17-30)39-37(40(44)45)33(29-15-18-34-35(21-29)49-24-48-34)22-42(39)23-36(43)41-38(31-11-7-5-9-26(31)3)32-12-8-6-10-27(32)4/h5-18,21,25,33,37-39H,19-20,22-24H2,1-4H3,(H,41,43)(H,44,45)/t33-,37-,39+/m1/s1. The van der Waals surface area contributed by atoms with Crippen molar-refractivity contribution >= 4 is 11.9 Å². The van der Waals surface area contributed by atoms with E-state index in [1.165, 1.54) is 0 Å². The Morgan fingerprint density at radius 1 is 0.857 bits per heavy atom. The van der Waals surface area contributed by atoms with Crippen LogP contribution in [0.2, 0.25) is 0 Å². The summed E-state index contributed by atoms with van der Waals surface area (Å²) in [6, 6.07) is 28.3. The van der Waals surface area contributed by atoms with Crippen molar-refractivity contribution in [2.24, 2.45) is 5.92 Å². The molecule has 1 saturated heterocycles. The largest absolute Gasteiger partial charge is 0.491 e. The summed E-state index contributed by atoms with van der Waals surface area (Å²) >= 11 is 0. The van der Waals surface area contributed by atoms with Gasteiger partial charge in [0.25, 0.3) is 0 Å². The molecule has 0 saturated carbocycles. The van der Waals surface area contributed by atoms with Crippen molar-refractivity contribution in [1.82, 2.24) is 10.2 Å². The number of carbonyl (C=O) groups is 2. The van der Waals surface area contributed by atoms with E-state index in [2.05, 4.69) is 5.32 Å². The van der Waals surface area contributed by atoms with Crippen molar-refractivity contribution in [2.75, 3.05) is 33.1 Å². The molecule has 9 nitrogen and oxygen atoms in total. The predicted molar refractivity (Wildman–Crippen MR) is 186 cm³/mol. The Bertz CT molecular complexity index is 1730. The van der Waals surface area contributed by atoms with Gasteiger partial charge in [0, 0.05) is 18.5 Å². The van der Waals surface area contributed by atoms with Gasteiger partial charge in [0.15, 0.2) is 11.5 Å². The fourth-order valence-corrected chi connectivity index (χ4v) is 7.01. The van der Waals surface area contributed by atoms with E-state index in [1.807, 2.05) is 124 Å². The maximum Gasteiger partial charge on any atom is 0.309 e. The molecular weight excluding hydrogens is 620 g/mol. The maximum absolute atomic E-state index is 14.1. The van der Waals surface area contributed by atoms with Crippen molar-refractivity contribution in [3.05, 3.63) is 124 Å². The highest BCUT2D eigenvalue weighted by Gasteiger charge is 2.48. The molecule has 6 rings (SSSR count). The van der Waals surface area contributed by atoms with Crippen LogP contribution in [-0.2, 0) is 14.3 Å². The average Bonchev–Trinajstić information content (AvgIpc) is 3.71. The molecule has 256 valence electrons. The summed E-state index contributed by atoms with van der Waals surface area (Å²) in [4.78, 5) is 29.2. The Labute approximate surface area is 287 Å². The number of carboxylic acid groups (broad SMARTS) is 1. The molecule has 3 atom stereocenters. The van der Waals surface area contributed by atoms with E-state index in [1.54, 1.807) is 0 Å². The molecule has 0 unspecified atom stereocenters. The van der Waals surface area contributed by atoms with Crippen LogP contribution in [-0.4, -0.2) is 61.1 Å². The van der Waals surface area contributed by atoms with Gasteiger partial charge in [-0.1, -0.05) is 66.7 Å². The summed E-state index contributed by atoms with van der Waals surface area (Å²) in [5.74, 6) is -0.468. The quantitative estimate of drug-likeness (QED) is 0.154. The highest BCUT2D eigenvalue weighted by atomic mass is 16.7. The summed E-state index contributed by atoms with van der Waals surface area (Å²) in [5.41, 5.74) is 5.79. The zero-order valence-corrected chi connectivity index (χ0v) is 28.4. The molecule has 4 aromatic carbocycles. The minimum atomic E-state index is -0.931. The third-order valence-corrected chi connectivity index (χ3v) is 9.38. The van der Waals surface area contributed by atoms with Crippen LogP contribution < -0.4 is 19.5 Å². The molecule has 0 radical (unpaired) electrons. The van der Waals surface area contributed by atoms with Gasteiger partial charge in [0.1, 0.15) is 12.4 Å². The number of carbonyl (C=O) groups excluding carboxylic acids is 1. The van der Waals surface area contributed by atoms with Crippen molar-refractivity contribution in [1.29, 1.82) is 0 Å². The molecule has 0 aromatic heterocycles. The Morgan fingerprint density at radius 3 is 2.12 bits per heavy atom. The molecule has 2 N–H and O–H groups in total. The van der Waals surface area contributed by atoms with Crippen LogP contribution in [0.5, 0.6) is 17.2 Å². The Morgan fingerprint density at radius 2 is 1.49 bits per heavy atom. The number of hydrogen-bond donors (Lipinski definition) is 2. The minimum Gasteiger partial charge on any atom is -0.491 e. The normalized spacial score (nSPS) is 18.6. The van der Waals surface area contributed by atoms with Crippen LogP contribution in [0.15, 0.2) is 91.0 Å². The van der Waals surface area contributed by atoms with Crippen LogP contribution in [0.3, 0.4) is 0 Å². The van der Waals surface area contributed by atoms with Gasteiger partial charge in [-0.25, -0.2) is 0 Å². The zero-order chi connectivity index (χ0) is 34.5. The SMILES string of the molecule is Cc1ccccc1C(NC(=O)CN1C[C@H](c2ccc3c(c2)OCO3)[C@@H](C(=O)O)[C@@H]1c1ccc(OCCOC(C)C)cc1)c1ccccc1C. The van der Waals surface area contributed by atoms with Crippen LogP contribution in [0.1, 0.15) is 65.2 Å². The van der Waals surface area contributed by atoms with Gasteiger partial charge in [-0.05, 0) is 85.3 Å². The second-order valence-electron chi connectivity index (χ2n) is 13.0. The molecule has 2 heterocycles. The van der Waals surface area contributed by atoms with Crippen LogP contribution >= 0.6 is 0 Å². The van der Waals surface area contributed by atoms with Gasteiger partial charge < -0.3 is 29.4 Å². The predicted octanol–water partition coefficient (Wildman–Crippen LogP) is 6.58. The molecule has 4 aromatic rings. The highest BCUT2D eigenvalue weighted by molar-refractivity contribution is 5.80. The van der Waals surface area contributed by atoms with Crippen molar-refractivity contribution < 1.29 is 33.6 Å². The van der Waals surface area contributed by atoms with E-state index < -0.39 is 23.8 Å².